The lowest BCUT2D eigenvalue weighted by Gasteiger charge is -2.14. The van der Waals surface area contributed by atoms with E-state index in [0.29, 0.717) is 0 Å². The number of nitrogens with zero attached hydrogens (tertiary/aromatic N) is 4. The highest BCUT2D eigenvalue weighted by atomic mass is 15.3. The highest BCUT2D eigenvalue weighted by Crippen LogP contribution is 2.25. The van der Waals surface area contributed by atoms with Gasteiger partial charge in [-0.1, -0.05) is 12.8 Å². The van der Waals surface area contributed by atoms with Crippen LogP contribution in [-0.4, -0.2) is 26.3 Å². The van der Waals surface area contributed by atoms with Gasteiger partial charge in [-0.15, -0.1) is 0 Å². The summed E-state index contributed by atoms with van der Waals surface area (Å²) < 4.78 is 1.69. The quantitative estimate of drug-likeness (QED) is 0.895. The number of anilines is 1. The third-order valence-corrected chi connectivity index (χ3v) is 3.48. The summed E-state index contributed by atoms with van der Waals surface area (Å²) in [6.45, 7) is 1.02. The van der Waals surface area contributed by atoms with Gasteiger partial charge in [0.05, 0.1) is 5.69 Å². The Morgan fingerprint density at radius 1 is 1.33 bits per heavy atom. The van der Waals surface area contributed by atoms with Gasteiger partial charge in [-0.05, 0) is 30.9 Å². The van der Waals surface area contributed by atoms with E-state index < -0.39 is 0 Å². The number of hydrogen-bond acceptors (Lipinski definition) is 4. The summed E-state index contributed by atoms with van der Waals surface area (Å²) in [7, 11) is 0. The van der Waals surface area contributed by atoms with Gasteiger partial charge >= 0.3 is 0 Å². The van der Waals surface area contributed by atoms with Crippen LogP contribution in [0.4, 0.5) is 5.69 Å². The van der Waals surface area contributed by atoms with Gasteiger partial charge in [0.2, 0.25) is 0 Å². The molecule has 94 valence electrons. The van der Waals surface area contributed by atoms with Crippen molar-refractivity contribution in [3.05, 3.63) is 31.0 Å². The van der Waals surface area contributed by atoms with Crippen LogP contribution in [0.1, 0.15) is 25.7 Å². The topological polar surface area (TPSA) is 55.6 Å². The van der Waals surface area contributed by atoms with Crippen molar-refractivity contribution < 1.29 is 0 Å². The van der Waals surface area contributed by atoms with Crippen LogP contribution in [0.2, 0.25) is 0 Å². The molecule has 1 saturated carbocycles. The molecule has 0 bridgehead atoms. The van der Waals surface area contributed by atoms with Crippen molar-refractivity contribution in [2.75, 3.05) is 11.9 Å². The van der Waals surface area contributed by atoms with E-state index in [2.05, 4.69) is 20.4 Å². The molecule has 1 fully saturated rings. The SMILES string of the molecule is c1cnc(-n2cncn2)c(NCC2CCCC2)c1. The van der Waals surface area contributed by atoms with Gasteiger partial charge in [-0.3, -0.25) is 0 Å². The Morgan fingerprint density at radius 3 is 3.00 bits per heavy atom. The molecule has 5 heteroatoms. The molecule has 2 aromatic rings. The lowest BCUT2D eigenvalue weighted by Crippen LogP contribution is -2.13. The van der Waals surface area contributed by atoms with Gasteiger partial charge in [0.25, 0.3) is 0 Å². The molecule has 5 nitrogen and oxygen atoms in total. The Labute approximate surface area is 106 Å². The smallest absolute Gasteiger partial charge is 0.178 e. The van der Waals surface area contributed by atoms with Gasteiger partial charge < -0.3 is 5.32 Å². The zero-order valence-corrected chi connectivity index (χ0v) is 10.3. The molecule has 0 atom stereocenters. The lowest BCUT2D eigenvalue weighted by molar-refractivity contribution is 0.579. The number of hydrogen-bond donors (Lipinski definition) is 1. The number of rotatable bonds is 4. The number of aromatic nitrogens is 4. The minimum Gasteiger partial charge on any atom is -0.382 e. The van der Waals surface area contributed by atoms with Crippen molar-refractivity contribution in [3.8, 4) is 5.82 Å². The molecule has 0 saturated heterocycles. The van der Waals surface area contributed by atoms with Crippen LogP contribution in [0.3, 0.4) is 0 Å². The van der Waals surface area contributed by atoms with E-state index in [9.17, 15) is 0 Å². The normalized spacial score (nSPS) is 16.0. The minimum absolute atomic E-state index is 0.800. The largest absolute Gasteiger partial charge is 0.382 e. The van der Waals surface area contributed by atoms with Crippen LogP contribution in [0.5, 0.6) is 0 Å². The number of nitrogens with one attached hydrogen (secondary N) is 1. The molecule has 2 heterocycles. The minimum atomic E-state index is 0.800. The van der Waals surface area contributed by atoms with Gasteiger partial charge in [-0.25, -0.2) is 14.6 Å². The molecule has 0 unspecified atom stereocenters. The van der Waals surface area contributed by atoms with E-state index in [1.165, 1.54) is 32.0 Å². The first kappa shape index (κ1) is 11.2. The highest BCUT2D eigenvalue weighted by Gasteiger charge is 2.15. The zero-order chi connectivity index (χ0) is 12.2. The van der Waals surface area contributed by atoms with Gasteiger partial charge in [-0.2, -0.15) is 5.10 Å². The van der Waals surface area contributed by atoms with Crippen molar-refractivity contribution in [2.45, 2.75) is 25.7 Å². The van der Waals surface area contributed by atoms with Gasteiger partial charge in [0, 0.05) is 12.7 Å². The average molecular weight is 243 g/mol. The third-order valence-electron chi connectivity index (χ3n) is 3.48. The van der Waals surface area contributed by atoms with Crippen LogP contribution in [0.15, 0.2) is 31.0 Å². The molecule has 2 aromatic heterocycles. The Hall–Kier alpha value is -1.91. The van der Waals surface area contributed by atoms with E-state index in [0.717, 1.165) is 24.0 Å². The Bertz CT molecular complexity index is 488. The highest BCUT2D eigenvalue weighted by molar-refractivity contribution is 5.56. The molecule has 1 N–H and O–H groups in total. The zero-order valence-electron chi connectivity index (χ0n) is 10.3. The summed E-state index contributed by atoms with van der Waals surface area (Å²) in [6, 6.07) is 3.98. The van der Waals surface area contributed by atoms with E-state index in [4.69, 9.17) is 0 Å². The molecule has 0 aromatic carbocycles. The van der Waals surface area contributed by atoms with Crippen LogP contribution in [-0.2, 0) is 0 Å². The Kier molecular flexibility index (Phi) is 3.21. The van der Waals surface area contributed by atoms with Crippen molar-refractivity contribution in [3.63, 3.8) is 0 Å². The number of pyridine rings is 1. The molecule has 0 radical (unpaired) electrons. The Morgan fingerprint density at radius 2 is 2.22 bits per heavy atom. The summed E-state index contributed by atoms with van der Waals surface area (Å²) >= 11 is 0. The summed E-state index contributed by atoms with van der Waals surface area (Å²) in [5, 5.41) is 7.62. The second-order valence-corrected chi connectivity index (χ2v) is 4.75. The first-order chi connectivity index (χ1) is 8.93. The first-order valence-corrected chi connectivity index (χ1v) is 6.47. The Balaban J connectivity index is 1.75. The van der Waals surface area contributed by atoms with Crippen LogP contribution >= 0.6 is 0 Å². The second kappa shape index (κ2) is 5.16. The predicted octanol–water partition coefficient (Wildman–Crippen LogP) is 2.26. The maximum absolute atomic E-state index is 4.36. The van der Waals surface area contributed by atoms with E-state index in [-0.39, 0.29) is 0 Å². The van der Waals surface area contributed by atoms with E-state index in [1.807, 2.05) is 12.1 Å². The molecular formula is C13H17N5. The molecule has 1 aliphatic rings. The van der Waals surface area contributed by atoms with Gasteiger partial charge in [0.15, 0.2) is 5.82 Å². The fraction of sp³-hybridized carbons (Fsp3) is 0.462. The maximum Gasteiger partial charge on any atom is 0.178 e. The van der Waals surface area contributed by atoms with Crippen molar-refractivity contribution in [1.29, 1.82) is 0 Å². The monoisotopic (exact) mass is 243 g/mol. The molecule has 0 spiro atoms. The molecule has 1 aliphatic carbocycles. The molecule has 0 aliphatic heterocycles. The van der Waals surface area contributed by atoms with Gasteiger partial charge in [0.1, 0.15) is 12.7 Å². The summed E-state index contributed by atoms with van der Waals surface area (Å²) in [5.74, 6) is 1.61. The maximum atomic E-state index is 4.36. The molecule has 18 heavy (non-hydrogen) atoms. The van der Waals surface area contributed by atoms with Crippen molar-refractivity contribution >= 4 is 5.69 Å². The van der Waals surface area contributed by atoms with E-state index in [1.54, 1.807) is 17.2 Å². The van der Waals surface area contributed by atoms with Crippen molar-refractivity contribution in [2.24, 2.45) is 5.92 Å². The fourth-order valence-corrected chi connectivity index (χ4v) is 2.50. The summed E-state index contributed by atoms with van der Waals surface area (Å²) in [4.78, 5) is 8.33. The summed E-state index contributed by atoms with van der Waals surface area (Å²) in [6.07, 6.45) is 10.4. The average Bonchev–Trinajstić information content (AvgIpc) is 3.10. The van der Waals surface area contributed by atoms with Crippen LogP contribution in [0.25, 0.3) is 5.82 Å². The third kappa shape index (κ3) is 2.34. The molecule has 0 amide bonds. The van der Waals surface area contributed by atoms with E-state index >= 15 is 0 Å². The molecule has 3 rings (SSSR count). The molecular weight excluding hydrogens is 226 g/mol. The van der Waals surface area contributed by atoms with Crippen molar-refractivity contribution in [1.82, 2.24) is 19.7 Å². The lowest BCUT2D eigenvalue weighted by atomic mass is 10.1. The second-order valence-electron chi connectivity index (χ2n) is 4.75. The van der Waals surface area contributed by atoms with Crippen LogP contribution in [0, 0.1) is 5.92 Å². The standard InChI is InChI=1S/C13H17N5/c1-2-5-11(4-1)8-16-12-6-3-7-15-13(12)18-10-14-9-17-18/h3,6-7,9-11,16H,1-2,4-5,8H2. The summed E-state index contributed by atoms with van der Waals surface area (Å²) in [5.41, 5.74) is 1.02. The van der Waals surface area contributed by atoms with Crippen LogP contribution < -0.4 is 5.32 Å². The first-order valence-electron chi connectivity index (χ1n) is 6.47. The fourth-order valence-electron chi connectivity index (χ4n) is 2.50. The predicted molar refractivity (Wildman–Crippen MR) is 69.6 cm³/mol.